The van der Waals surface area contributed by atoms with Crippen LogP contribution in [-0.4, -0.2) is 20.9 Å². The minimum Gasteiger partial charge on any atom is -0.476 e. The third kappa shape index (κ3) is 2.42. The Labute approximate surface area is 106 Å². The van der Waals surface area contributed by atoms with Crippen LogP contribution in [0.1, 0.15) is 36.8 Å². The van der Waals surface area contributed by atoms with Gasteiger partial charge in [0.25, 0.3) is 0 Å². The highest BCUT2D eigenvalue weighted by Crippen LogP contribution is 2.23. The summed E-state index contributed by atoms with van der Waals surface area (Å²) in [6.07, 6.45) is 1.65. The van der Waals surface area contributed by atoms with E-state index in [-0.39, 0.29) is 11.1 Å². The Morgan fingerprint density at radius 2 is 1.78 bits per heavy atom. The Hall–Kier alpha value is -2.10. The lowest BCUT2D eigenvalue weighted by molar-refractivity contribution is 0.0690. The predicted octanol–water partition coefficient (Wildman–Crippen LogP) is 2.87. The number of hydrogen-bond donors (Lipinski definition) is 1. The van der Waals surface area contributed by atoms with Gasteiger partial charge in [-0.3, -0.25) is 0 Å². The Kier molecular flexibility index (Phi) is 2.95. The van der Waals surface area contributed by atoms with Gasteiger partial charge in [0.05, 0.1) is 5.69 Å². The molecular formula is C14H16N2O2. The maximum absolute atomic E-state index is 10.8. The molecule has 4 nitrogen and oxygen atoms in total. The monoisotopic (exact) mass is 244 g/mol. The Bertz CT molecular complexity index is 562. The van der Waals surface area contributed by atoms with E-state index < -0.39 is 5.97 Å². The maximum Gasteiger partial charge on any atom is 0.356 e. The molecule has 1 heterocycles. The third-order valence-electron chi connectivity index (χ3n) is 2.81. The number of hydrogen-bond acceptors (Lipinski definition) is 2. The highest BCUT2D eigenvalue weighted by molar-refractivity contribution is 5.85. The SMILES string of the molecule is CC(C)(C)c1ccc(-n2ccc(C(=O)O)n2)cc1. The van der Waals surface area contributed by atoms with Gasteiger partial charge in [-0.25, -0.2) is 9.48 Å². The molecule has 1 aromatic heterocycles. The lowest BCUT2D eigenvalue weighted by Crippen LogP contribution is -2.11. The van der Waals surface area contributed by atoms with Gasteiger partial charge in [-0.2, -0.15) is 5.10 Å². The molecular weight excluding hydrogens is 228 g/mol. The molecule has 0 saturated heterocycles. The number of carboxylic acid groups (broad SMARTS) is 1. The summed E-state index contributed by atoms with van der Waals surface area (Å²) in [6.45, 7) is 6.45. The van der Waals surface area contributed by atoms with Crippen LogP contribution < -0.4 is 0 Å². The summed E-state index contributed by atoms with van der Waals surface area (Å²) in [5.41, 5.74) is 2.25. The zero-order chi connectivity index (χ0) is 13.3. The van der Waals surface area contributed by atoms with Gasteiger partial charge in [-0.15, -0.1) is 0 Å². The molecule has 2 rings (SSSR count). The molecule has 0 aliphatic rings. The molecule has 0 fully saturated rings. The van der Waals surface area contributed by atoms with Crippen LogP contribution in [0.5, 0.6) is 0 Å². The number of rotatable bonds is 2. The van der Waals surface area contributed by atoms with Crippen LogP contribution in [0.3, 0.4) is 0 Å². The number of aromatic carboxylic acids is 1. The van der Waals surface area contributed by atoms with Crippen molar-refractivity contribution >= 4 is 5.97 Å². The molecule has 0 aliphatic carbocycles. The number of aromatic nitrogens is 2. The molecule has 0 aliphatic heterocycles. The van der Waals surface area contributed by atoms with E-state index in [1.807, 2.05) is 24.3 Å². The van der Waals surface area contributed by atoms with Crippen LogP contribution in [0.4, 0.5) is 0 Å². The normalized spacial score (nSPS) is 11.5. The average Bonchev–Trinajstić information content (AvgIpc) is 2.77. The largest absolute Gasteiger partial charge is 0.476 e. The Morgan fingerprint density at radius 1 is 1.17 bits per heavy atom. The van der Waals surface area contributed by atoms with E-state index in [4.69, 9.17) is 5.11 Å². The van der Waals surface area contributed by atoms with E-state index in [1.54, 1.807) is 10.9 Å². The van der Waals surface area contributed by atoms with Crippen molar-refractivity contribution in [2.75, 3.05) is 0 Å². The van der Waals surface area contributed by atoms with Crippen molar-refractivity contribution in [1.29, 1.82) is 0 Å². The number of nitrogens with zero attached hydrogens (tertiary/aromatic N) is 2. The highest BCUT2D eigenvalue weighted by atomic mass is 16.4. The van der Waals surface area contributed by atoms with Crippen molar-refractivity contribution < 1.29 is 9.90 Å². The summed E-state index contributed by atoms with van der Waals surface area (Å²) in [6, 6.07) is 9.45. The average molecular weight is 244 g/mol. The van der Waals surface area contributed by atoms with E-state index in [0.29, 0.717) is 0 Å². The van der Waals surface area contributed by atoms with Crippen LogP contribution in [0.2, 0.25) is 0 Å². The van der Waals surface area contributed by atoms with Crippen LogP contribution in [0.25, 0.3) is 5.69 Å². The Morgan fingerprint density at radius 3 is 2.22 bits per heavy atom. The van der Waals surface area contributed by atoms with Gasteiger partial charge >= 0.3 is 5.97 Å². The van der Waals surface area contributed by atoms with Crippen molar-refractivity contribution in [1.82, 2.24) is 9.78 Å². The van der Waals surface area contributed by atoms with E-state index in [0.717, 1.165) is 5.69 Å². The maximum atomic E-state index is 10.8. The van der Waals surface area contributed by atoms with Gasteiger partial charge < -0.3 is 5.11 Å². The summed E-state index contributed by atoms with van der Waals surface area (Å²) in [7, 11) is 0. The van der Waals surface area contributed by atoms with E-state index in [2.05, 4.69) is 25.9 Å². The molecule has 0 atom stereocenters. The molecule has 94 valence electrons. The van der Waals surface area contributed by atoms with Gasteiger partial charge in [0, 0.05) is 6.20 Å². The fourth-order valence-electron chi connectivity index (χ4n) is 1.70. The van der Waals surface area contributed by atoms with Crippen molar-refractivity contribution in [3.8, 4) is 5.69 Å². The molecule has 0 radical (unpaired) electrons. The molecule has 18 heavy (non-hydrogen) atoms. The van der Waals surface area contributed by atoms with Gasteiger partial charge in [-0.1, -0.05) is 32.9 Å². The summed E-state index contributed by atoms with van der Waals surface area (Å²) >= 11 is 0. The van der Waals surface area contributed by atoms with Gasteiger partial charge in [0.15, 0.2) is 5.69 Å². The van der Waals surface area contributed by atoms with Gasteiger partial charge in [0.2, 0.25) is 0 Å². The third-order valence-corrected chi connectivity index (χ3v) is 2.81. The lowest BCUT2D eigenvalue weighted by atomic mass is 9.87. The zero-order valence-corrected chi connectivity index (χ0v) is 10.7. The molecule has 2 aromatic rings. The molecule has 0 spiro atoms. The van der Waals surface area contributed by atoms with Crippen LogP contribution in [0.15, 0.2) is 36.5 Å². The fraction of sp³-hybridized carbons (Fsp3) is 0.286. The summed E-state index contributed by atoms with van der Waals surface area (Å²) < 4.78 is 1.57. The standard InChI is InChI=1S/C14H16N2O2/c1-14(2,3)10-4-6-11(7-5-10)16-9-8-12(15-16)13(17)18/h4-9H,1-3H3,(H,17,18). The molecule has 0 unspecified atom stereocenters. The second-order valence-corrected chi connectivity index (χ2v) is 5.25. The van der Waals surface area contributed by atoms with Gasteiger partial charge in [0.1, 0.15) is 0 Å². The Balaban J connectivity index is 2.31. The summed E-state index contributed by atoms with van der Waals surface area (Å²) in [5, 5.41) is 12.8. The minimum absolute atomic E-state index is 0.0508. The number of benzene rings is 1. The quantitative estimate of drug-likeness (QED) is 0.883. The molecule has 0 amide bonds. The summed E-state index contributed by atoms with van der Waals surface area (Å²) in [4.78, 5) is 10.8. The van der Waals surface area contributed by atoms with Gasteiger partial charge in [-0.05, 0) is 29.2 Å². The van der Waals surface area contributed by atoms with Crippen LogP contribution >= 0.6 is 0 Å². The van der Waals surface area contributed by atoms with Crippen LogP contribution in [-0.2, 0) is 5.41 Å². The lowest BCUT2D eigenvalue weighted by Gasteiger charge is -2.19. The zero-order valence-electron chi connectivity index (χ0n) is 10.7. The van der Waals surface area contributed by atoms with E-state index in [9.17, 15) is 4.79 Å². The van der Waals surface area contributed by atoms with Crippen LogP contribution in [0, 0.1) is 0 Å². The minimum atomic E-state index is -1.01. The predicted molar refractivity (Wildman–Crippen MR) is 69.2 cm³/mol. The topological polar surface area (TPSA) is 55.1 Å². The number of carboxylic acids is 1. The fourth-order valence-corrected chi connectivity index (χ4v) is 1.70. The van der Waals surface area contributed by atoms with Crippen molar-refractivity contribution in [3.05, 3.63) is 47.8 Å². The first-order valence-electron chi connectivity index (χ1n) is 5.78. The van der Waals surface area contributed by atoms with E-state index in [1.165, 1.54) is 11.6 Å². The molecule has 0 saturated carbocycles. The molecule has 4 heteroatoms. The first kappa shape index (κ1) is 12.4. The summed E-state index contributed by atoms with van der Waals surface area (Å²) in [5.74, 6) is -1.01. The van der Waals surface area contributed by atoms with Crippen molar-refractivity contribution in [2.24, 2.45) is 0 Å². The molecule has 0 bridgehead atoms. The second kappa shape index (κ2) is 4.29. The first-order chi connectivity index (χ1) is 8.38. The second-order valence-electron chi connectivity index (χ2n) is 5.25. The van der Waals surface area contributed by atoms with E-state index >= 15 is 0 Å². The first-order valence-corrected chi connectivity index (χ1v) is 5.78. The van der Waals surface area contributed by atoms with Crippen molar-refractivity contribution in [3.63, 3.8) is 0 Å². The number of carbonyl (C=O) groups is 1. The van der Waals surface area contributed by atoms with Crippen molar-refractivity contribution in [2.45, 2.75) is 26.2 Å². The molecule has 1 aromatic carbocycles. The molecule has 1 N–H and O–H groups in total. The highest BCUT2D eigenvalue weighted by Gasteiger charge is 2.13. The smallest absolute Gasteiger partial charge is 0.356 e.